The third kappa shape index (κ3) is 8.30. The number of carboxylic acids is 1. The van der Waals surface area contributed by atoms with Crippen LogP contribution in [0.2, 0.25) is 0 Å². The van der Waals surface area contributed by atoms with E-state index in [1.807, 2.05) is 84.9 Å². The van der Waals surface area contributed by atoms with E-state index in [0.29, 0.717) is 10.6 Å². The van der Waals surface area contributed by atoms with Gasteiger partial charge in [-0.25, -0.2) is 17.9 Å². The van der Waals surface area contributed by atoms with E-state index in [-0.39, 0.29) is 41.7 Å². The summed E-state index contributed by atoms with van der Waals surface area (Å²) >= 11 is 1.45. The number of aromatic carboxylic acids is 1. The fraction of sp³-hybridized carbons (Fsp3) is 0.205. The fourth-order valence-corrected chi connectivity index (χ4v) is 8.09. The Morgan fingerprint density at radius 1 is 0.776 bits per heavy atom. The summed E-state index contributed by atoms with van der Waals surface area (Å²) in [5.74, 6) is -0.532. The highest BCUT2D eigenvalue weighted by atomic mass is 32.2. The van der Waals surface area contributed by atoms with E-state index in [4.69, 9.17) is 9.47 Å². The molecule has 1 aliphatic rings. The van der Waals surface area contributed by atoms with Crippen molar-refractivity contribution in [3.8, 4) is 11.1 Å². The molecule has 0 spiro atoms. The van der Waals surface area contributed by atoms with Crippen LogP contribution >= 0.6 is 11.8 Å². The van der Waals surface area contributed by atoms with Crippen LogP contribution in [-0.4, -0.2) is 36.5 Å². The summed E-state index contributed by atoms with van der Waals surface area (Å²) in [5.41, 5.74) is 5.48. The first-order valence-electron chi connectivity index (χ1n) is 15.9. The number of hydrogen-bond acceptors (Lipinski definition) is 7. The summed E-state index contributed by atoms with van der Waals surface area (Å²) < 4.78 is 41.5. The number of sulfonamides is 1. The Balaban J connectivity index is 1.24. The Morgan fingerprint density at radius 2 is 1.47 bits per heavy atom. The lowest BCUT2D eigenvalue weighted by atomic mass is 9.91. The van der Waals surface area contributed by atoms with Gasteiger partial charge in [0.2, 0.25) is 10.0 Å². The number of carboxylic acid groups (broad SMARTS) is 1. The summed E-state index contributed by atoms with van der Waals surface area (Å²) in [6.45, 7) is 2.16. The Morgan fingerprint density at radius 3 is 2.20 bits per heavy atom. The van der Waals surface area contributed by atoms with Gasteiger partial charge in [0, 0.05) is 28.7 Å². The zero-order chi connectivity index (χ0) is 34.4. The van der Waals surface area contributed by atoms with Crippen molar-refractivity contribution in [1.82, 2.24) is 4.72 Å². The fourth-order valence-electron chi connectivity index (χ4n) is 5.84. The highest BCUT2D eigenvalue weighted by Crippen LogP contribution is 2.43. The van der Waals surface area contributed by atoms with Crippen LogP contribution in [0.4, 0.5) is 0 Å². The van der Waals surface area contributed by atoms with Gasteiger partial charge in [-0.15, -0.1) is 11.8 Å². The van der Waals surface area contributed by atoms with E-state index in [2.05, 4.69) is 11.6 Å². The van der Waals surface area contributed by atoms with Crippen LogP contribution in [0.3, 0.4) is 0 Å². The molecule has 5 aromatic rings. The van der Waals surface area contributed by atoms with Gasteiger partial charge in [0.25, 0.3) is 0 Å². The van der Waals surface area contributed by atoms with Crippen molar-refractivity contribution < 1.29 is 32.9 Å². The molecule has 3 N–H and O–H groups in total. The predicted octanol–water partition coefficient (Wildman–Crippen LogP) is 7.61. The number of aliphatic hydroxyl groups excluding tert-OH is 1. The van der Waals surface area contributed by atoms with Gasteiger partial charge < -0.3 is 19.7 Å². The standard InChI is InChI=1S/C39H37NO7S2/c1-26-35(25-48-36-16-6-5-15-34(36)38(42)43)46-39(47-37(26)29-19-17-27(24-41)18-20-29)32-12-8-11-31(22-32)30-10-7-9-28(21-30)23-40-49(44,45)33-13-3-2-4-14-33/h2-22,26,35,37,39-41H,23-25H2,1H3,(H,42,43). The van der Waals surface area contributed by atoms with E-state index in [0.717, 1.165) is 33.4 Å². The summed E-state index contributed by atoms with van der Waals surface area (Å²) in [4.78, 5) is 12.7. The second-order valence-electron chi connectivity index (χ2n) is 11.9. The topological polar surface area (TPSA) is 122 Å². The van der Waals surface area contributed by atoms with Gasteiger partial charge in [0.05, 0.1) is 29.3 Å². The third-order valence-corrected chi connectivity index (χ3v) is 11.2. The van der Waals surface area contributed by atoms with Crippen molar-refractivity contribution in [2.24, 2.45) is 5.92 Å². The zero-order valence-electron chi connectivity index (χ0n) is 26.8. The smallest absolute Gasteiger partial charge is 0.336 e. The maximum atomic E-state index is 12.8. The minimum Gasteiger partial charge on any atom is -0.478 e. The molecule has 1 fully saturated rings. The Hall–Kier alpha value is -4.29. The second kappa shape index (κ2) is 15.5. The van der Waals surface area contributed by atoms with Gasteiger partial charge >= 0.3 is 5.97 Å². The van der Waals surface area contributed by atoms with Crippen molar-refractivity contribution >= 4 is 27.8 Å². The number of nitrogens with one attached hydrogen (secondary N) is 1. The Kier molecular flexibility index (Phi) is 10.9. The van der Waals surface area contributed by atoms with Gasteiger partial charge in [-0.2, -0.15) is 0 Å². The number of carbonyl (C=O) groups is 1. The van der Waals surface area contributed by atoms with Crippen molar-refractivity contribution in [3.05, 3.63) is 155 Å². The number of ether oxygens (including phenoxy) is 2. The lowest BCUT2D eigenvalue weighted by Gasteiger charge is -2.41. The summed E-state index contributed by atoms with van der Waals surface area (Å²) in [6, 6.07) is 38.6. The van der Waals surface area contributed by atoms with Gasteiger partial charge in [-0.3, -0.25) is 0 Å². The molecule has 0 radical (unpaired) electrons. The highest BCUT2D eigenvalue weighted by Gasteiger charge is 2.38. The van der Waals surface area contributed by atoms with Gasteiger partial charge in [0.1, 0.15) is 0 Å². The van der Waals surface area contributed by atoms with Gasteiger partial charge in [-0.1, -0.05) is 97.9 Å². The maximum absolute atomic E-state index is 12.8. The summed E-state index contributed by atoms with van der Waals surface area (Å²) in [7, 11) is -3.65. The normalized spacial score (nSPS) is 19.4. The molecular weight excluding hydrogens is 659 g/mol. The SMILES string of the molecule is CC1C(CSc2ccccc2C(=O)O)OC(c2cccc(-c3cccc(CNS(=O)(=O)c4ccccc4)c3)c2)OC1c1ccc(CO)cc1. The van der Waals surface area contributed by atoms with Crippen LogP contribution in [0, 0.1) is 5.92 Å². The molecule has 0 saturated carbocycles. The number of aliphatic hydroxyl groups is 1. The minimum absolute atomic E-state index is 0.0533. The van der Waals surface area contributed by atoms with Crippen LogP contribution in [0.25, 0.3) is 11.1 Å². The molecule has 0 amide bonds. The predicted molar refractivity (Wildman–Crippen MR) is 189 cm³/mol. The number of hydrogen-bond donors (Lipinski definition) is 3. The highest BCUT2D eigenvalue weighted by molar-refractivity contribution is 7.99. The van der Waals surface area contributed by atoms with Crippen molar-refractivity contribution in [2.75, 3.05) is 5.75 Å². The van der Waals surface area contributed by atoms with E-state index >= 15 is 0 Å². The first-order chi connectivity index (χ1) is 23.7. The molecule has 1 aliphatic heterocycles. The van der Waals surface area contributed by atoms with E-state index in [9.17, 15) is 23.4 Å². The monoisotopic (exact) mass is 695 g/mol. The Labute approximate surface area is 290 Å². The van der Waals surface area contributed by atoms with Crippen LogP contribution < -0.4 is 4.72 Å². The first-order valence-corrected chi connectivity index (χ1v) is 18.4. The molecule has 0 aromatic heterocycles. The maximum Gasteiger partial charge on any atom is 0.336 e. The molecule has 0 bridgehead atoms. The van der Waals surface area contributed by atoms with Gasteiger partial charge in [0.15, 0.2) is 6.29 Å². The number of benzene rings is 5. The zero-order valence-corrected chi connectivity index (χ0v) is 28.4. The van der Waals surface area contributed by atoms with Crippen molar-refractivity contribution in [2.45, 2.75) is 48.4 Å². The molecule has 252 valence electrons. The van der Waals surface area contributed by atoms with Crippen molar-refractivity contribution in [3.63, 3.8) is 0 Å². The second-order valence-corrected chi connectivity index (χ2v) is 14.7. The van der Waals surface area contributed by atoms with Crippen molar-refractivity contribution in [1.29, 1.82) is 0 Å². The average molecular weight is 696 g/mol. The average Bonchev–Trinajstić information content (AvgIpc) is 3.14. The van der Waals surface area contributed by atoms with Crippen LogP contribution in [0.1, 0.15) is 51.9 Å². The largest absolute Gasteiger partial charge is 0.478 e. The molecule has 8 nitrogen and oxygen atoms in total. The van der Waals surface area contributed by atoms with Crippen LogP contribution in [-0.2, 0) is 32.6 Å². The van der Waals surface area contributed by atoms with E-state index < -0.39 is 22.3 Å². The van der Waals surface area contributed by atoms with E-state index in [1.165, 1.54) is 11.8 Å². The number of rotatable bonds is 12. The van der Waals surface area contributed by atoms with Crippen LogP contribution in [0.5, 0.6) is 0 Å². The summed E-state index contributed by atoms with van der Waals surface area (Å²) in [5, 5.41) is 19.3. The summed E-state index contributed by atoms with van der Waals surface area (Å²) in [6.07, 6.45) is -1.31. The third-order valence-electron chi connectivity index (χ3n) is 8.58. The Bertz CT molecular complexity index is 2000. The lowest BCUT2D eigenvalue weighted by molar-refractivity contribution is -0.268. The molecule has 4 unspecified atom stereocenters. The van der Waals surface area contributed by atoms with Gasteiger partial charge in [-0.05, 0) is 64.2 Å². The number of thioether (sulfide) groups is 1. The molecule has 10 heteroatoms. The molecule has 0 aliphatic carbocycles. The molecule has 1 saturated heterocycles. The molecule has 49 heavy (non-hydrogen) atoms. The molecule has 5 aromatic carbocycles. The molecular formula is C39H37NO7S2. The van der Waals surface area contributed by atoms with Crippen LogP contribution in [0.15, 0.2) is 137 Å². The minimum atomic E-state index is -3.65. The molecule has 1 heterocycles. The molecule has 4 atom stereocenters. The van der Waals surface area contributed by atoms with E-state index in [1.54, 1.807) is 42.5 Å². The molecule has 6 rings (SSSR count). The quantitative estimate of drug-likeness (QED) is 0.114. The first kappa shape index (κ1) is 34.6. The lowest BCUT2D eigenvalue weighted by Crippen LogP contribution is -2.38.